The summed E-state index contributed by atoms with van der Waals surface area (Å²) >= 11 is 5.48. The van der Waals surface area contributed by atoms with Gasteiger partial charge in [-0.25, -0.2) is 8.78 Å². The molecule has 13 heavy (non-hydrogen) atoms. The van der Waals surface area contributed by atoms with Gasteiger partial charge in [-0.1, -0.05) is 0 Å². The maximum atomic E-state index is 12.3. The van der Waals surface area contributed by atoms with Crippen LogP contribution >= 0.6 is 11.6 Å². The van der Waals surface area contributed by atoms with Crippen molar-refractivity contribution in [2.75, 3.05) is 7.11 Å². The van der Waals surface area contributed by atoms with E-state index in [0.29, 0.717) is 5.69 Å². The number of aromatic nitrogens is 1. The van der Waals surface area contributed by atoms with Crippen molar-refractivity contribution in [2.45, 2.75) is 12.3 Å². The summed E-state index contributed by atoms with van der Waals surface area (Å²) in [7, 11) is 1.33. The first-order valence-corrected chi connectivity index (χ1v) is 4.09. The topological polar surface area (TPSA) is 22.1 Å². The van der Waals surface area contributed by atoms with Crippen LogP contribution in [0.15, 0.2) is 12.3 Å². The van der Waals surface area contributed by atoms with E-state index in [0.717, 1.165) is 6.20 Å². The van der Waals surface area contributed by atoms with Crippen molar-refractivity contribution in [1.82, 2.24) is 4.98 Å². The first-order chi connectivity index (χ1) is 6.19. The number of nitrogens with zero attached hydrogens (tertiary/aromatic N) is 1. The first kappa shape index (κ1) is 10.2. The second-order valence-corrected chi connectivity index (χ2v) is 2.62. The molecule has 0 aliphatic carbocycles. The van der Waals surface area contributed by atoms with Crippen molar-refractivity contribution in [3.63, 3.8) is 0 Å². The molecule has 0 aliphatic rings. The molecule has 0 amide bonds. The number of halogens is 3. The van der Waals surface area contributed by atoms with Crippen LogP contribution in [0.25, 0.3) is 0 Å². The van der Waals surface area contributed by atoms with E-state index >= 15 is 0 Å². The maximum Gasteiger partial charge on any atom is 0.268 e. The summed E-state index contributed by atoms with van der Waals surface area (Å²) in [6.45, 7) is 0. The van der Waals surface area contributed by atoms with Gasteiger partial charge in [0, 0.05) is 12.3 Å². The van der Waals surface area contributed by atoms with Crippen LogP contribution < -0.4 is 4.74 Å². The van der Waals surface area contributed by atoms with Gasteiger partial charge >= 0.3 is 0 Å². The van der Waals surface area contributed by atoms with Crippen LogP contribution in [0.1, 0.15) is 17.7 Å². The predicted octanol–water partition coefficient (Wildman–Crippen LogP) is 2.77. The minimum absolute atomic E-state index is 0.126. The average Bonchev–Trinajstić information content (AvgIpc) is 2.16. The van der Waals surface area contributed by atoms with Crippen molar-refractivity contribution in [1.29, 1.82) is 0 Å². The van der Waals surface area contributed by atoms with Gasteiger partial charge in [-0.3, -0.25) is 4.98 Å². The van der Waals surface area contributed by atoms with E-state index in [4.69, 9.17) is 16.3 Å². The number of methoxy groups -OCH3 is 1. The zero-order valence-electron chi connectivity index (χ0n) is 6.93. The lowest BCUT2D eigenvalue weighted by Crippen LogP contribution is -1.96. The minimum Gasteiger partial charge on any atom is -0.496 e. The van der Waals surface area contributed by atoms with Crippen molar-refractivity contribution in [3.8, 4) is 5.75 Å². The Kier molecular flexibility index (Phi) is 3.42. The molecule has 2 nitrogen and oxygen atoms in total. The first-order valence-electron chi connectivity index (χ1n) is 3.56. The third-order valence-electron chi connectivity index (χ3n) is 1.54. The smallest absolute Gasteiger partial charge is 0.268 e. The van der Waals surface area contributed by atoms with Crippen molar-refractivity contribution in [2.24, 2.45) is 0 Å². The van der Waals surface area contributed by atoms with Gasteiger partial charge in [-0.2, -0.15) is 0 Å². The molecule has 0 N–H and O–H groups in total. The normalized spacial score (nSPS) is 10.5. The maximum absolute atomic E-state index is 12.3. The fourth-order valence-electron chi connectivity index (χ4n) is 0.902. The molecule has 1 aromatic heterocycles. The van der Waals surface area contributed by atoms with E-state index in [9.17, 15) is 8.78 Å². The summed E-state index contributed by atoms with van der Waals surface area (Å²) in [5, 5.41) is 0. The highest BCUT2D eigenvalue weighted by molar-refractivity contribution is 6.16. The number of rotatable bonds is 3. The Bertz CT molecular complexity index is 293. The second-order valence-electron chi connectivity index (χ2n) is 2.35. The van der Waals surface area contributed by atoms with Crippen LogP contribution in [0.4, 0.5) is 8.78 Å². The lowest BCUT2D eigenvalue weighted by Gasteiger charge is -2.07. The third-order valence-corrected chi connectivity index (χ3v) is 1.82. The summed E-state index contributed by atoms with van der Waals surface area (Å²) in [6.07, 6.45) is -1.49. The van der Waals surface area contributed by atoms with Gasteiger partial charge in [-0.15, -0.1) is 11.6 Å². The molecule has 0 unspecified atom stereocenters. The molecular formula is C8H8ClF2NO. The van der Waals surface area contributed by atoms with Crippen molar-refractivity contribution >= 4 is 11.6 Å². The number of hydrogen-bond acceptors (Lipinski definition) is 2. The lowest BCUT2D eigenvalue weighted by molar-refractivity contribution is 0.146. The Balaban J connectivity index is 3.08. The molecule has 0 aliphatic heterocycles. The monoisotopic (exact) mass is 207 g/mol. The minimum atomic E-state index is -2.58. The lowest BCUT2D eigenvalue weighted by atomic mass is 10.2. The molecule has 0 saturated heterocycles. The molecule has 72 valence electrons. The van der Waals surface area contributed by atoms with E-state index in [1.165, 1.54) is 13.2 Å². The summed E-state index contributed by atoms with van der Waals surface area (Å²) in [5.41, 5.74) is 0.305. The van der Waals surface area contributed by atoms with Crippen LogP contribution in [-0.4, -0.2) is 12.1 Å². The SMILES string of the molecule is COc1cc(CCl)ncc1C(F)F. The molecule has 0 bridgehead atoms. The van der Waals surface area contributed by atoms with Crippen LogP contribution in [0, 0.1) is 0 Å². The quantitative estimate of drug-likeness (QED) is 0.711. The molecular weight excluding hydrogens is 200 g/mol. The summed E-state index contributed by atoms with van der Waals surface area (Å²) in [4.78, 5) is 3.74. The highest BCUT2D eigenvalue weighted by atomic mass is 35.5. The molecule has 5 heteroatoms. The summed E-state index contributed by atoms with van der Waals surface area (Å²) in [5.74, 6) is 0.306. The van der Waals surface area contributed by atoms with E-state index < -0.39 is 6.43 Å². The van der Waals surface area contributed by atoms with Crippen LogP contribution in [0.2, 0.25) is 0 Å². The van der Waals surface area contributed by atoms with Crippen molar-refractivity contribution < 1.29 is 13.5 Å². The fourth-order valence-corrected chi connectivity index (χ4v) is 1.05. The average molecular weight is 208 g/mol. The van der Waals surface area contributed by atoms with Gasteiger partial charge in [-0.05, 0) is 0 Å². The van der Waals surface area contributed by atoms with Crippen LogP contribution in [-0.2, 0) is 5.88 Å². The van der Waals surface area contributed by atoms with E-state index in [1.54, 1.807) is 0 Å². The fraction of sp³-hybridized carbons (Fsp3) is 0.375. The highest BCUT2D eigenvalue weighted by Gasteiger charge is 2.14. The Morgan fingerprint density at radius 3 is 2.77 bits per heavy atom. The third kappa shape index (κ3) is 2.28. The van der Waals surface area contributed by atoms with E-state index in [-0.39, 0.29) is 17.2 Å². The molecule has 0 aromatic carbocycles. The largest absolute Gasteiger partial charge is 0.496 e. The van der Waals surface area contributed by atoms with Crippen LogP contribution in [0.3, 0.4) is 0 Å². The Labute approximate surface area is 79.5 Å². The summed E-state index contributed by atoms with van der Waals surface area (Å²) in [6, 6.07) is 1.41. The number of pyridine rings is 1. The van der Waals surface area contributed by atoms with Crippen LogP contribution in [0.5, 0.6) is 5.75 Å². The molecule has 0 radical (unpaired) electrons. The van der Waals surface area contributed by atoms with Gasteiger partial charge in [0.25, 0.3) is 6.43 Å². The zero-order chi connectivity index (χ0) is 9.84. The molecule has 0 fully saturated rings. The van der Waals surface area contributed by atoms with Crippen molar-refractivity contribution in [3.05, 3.63) is 23.5 Å². The Morgan fingerprint density at radius 2 is 2.31 bits per heavy atom. The predicted molar refractivity (Wildman–Crippen MR) is 45.3 cm³/mol. The van der Waals surface area contributed by atoms with Gasteiger partial charge in [0.05, 0.1) is 24.2 Å². The van der Waals surface area contributed by atoms with E-state index in [2.05, 4.69) is 4.98 Å². The number of ether oxygens (including phenoxy) is 1. The molecule has 1 aromatic rings. The van der Waals surface area contributed by atoms with Gasteiger partial charge in [0.2, 0.25) is 0 Å². The Morgan fingerprint density at radius 1 is 1.62 bits per heavy atom. The molecule has 0 spiro atoms. The molecule has 0 saturated carbocycles. The number of alkyl halides is 3. The second kappa shape index (κ2) is 4.37. The zero-order valence-corrected chi connectivity index (χ0v) is 7.68. The van der Waals surface area contributed by atoms with E-state index in [1.807, 2.05) is 0 Å². The Hall–Kier alpha value is -0.900. The van der Waals surface area contributed by atoms with Gasteiger partial charge in [0.1, 0.15) is 5.75 Å². The number of hydrogen-bond donors (Lipinski definition) is 0. The molecule has 1 heterocycles. The van der Waals surface area contributed by atoms with Gasteiger partial charge < -0.3 is 4.74 Å². The molecule has 0 atom stereocenters. The summed E-state index contributed by atoms with van der Waals surface area (Å²) < 4.78 is 29.4. The molecule has 1 rings (SSSR count). The standard InChI is InChI=1S/C8H8ClF2NO/c1-13-7-2-5(3-9)12-4-6(7)8(10)11/h2,4,8H,3H2,1H3. The van der Waals surface area contributed by atoms with Gasteiger partial charge in [0.15, 0.2) is 0 Å². The highest BCUT2D eigenvalue weighted by Crippen LogP contribution is 2.28.